The molecule has 0 fully saturated rings. The molecule has 2 aromatic carbocycles. The molecule has 24 heavy (non-hydrogen) atoms. The fourth-order valence-corrected chi connectivity index (χ4v) is 1.94. The SMILES string of the molecule is Cl.N[C@@H](Cc1ccc(NC(=O)OCc2ccccc2)cc1)C(=O)O. The number of benzene rings is 2. The number of rotatable bonds is 6. The Kier molecular flexibility index (Phi) is 7.74. The van der Waals surface area contributed by atoms with E-state index in [9.17, 15) is 9.59 Å². The molecule has 0 bridgehead atoms. The van der Waals surface area contributed by atoms with Crippen molar-refractivity contribution < 1.29 is 19.4 Å². The highest BCUT2D eigenvalue weighted by molar-refractivity contribution is 5.85. The third-order valence-electron chi connectivity index (χ3n) is 3.19. The number of amides is 1. The second-order valence-corrected chi connectivity index (χ2v) is 5.03. The lowest BCUT2D eigenvalue weighted by Gasteiger charge is -2.09. The summed E-state index contributed by atoms with van der Waals surface area (Å²) in [6, 6.07) is 15.2. The largest absolute Gasteiger partial charge is 0.480 e. The summed E-state index contributed by atoms with van der Waals surface area (Å²) in [4.78, 5) is 22.4. The van der Waals surface area contributed by atoms with E-state index in [0.29, 0.717) is 5.69 Å². The van der Waals surface area contributed by atoms with Gasteiger partial charge in [-0.25, -0.2) is 4.79 Å². The number of carbonyl (C=O) groups excluding carboxylic acids is 1. The zero-order valence-corrected chi connectivity index (χ0v) is 13.7. The highest BCUT2D eigenvalue weighted by Gasteiger charge is 2.12. The molecule has 0 saturated carbocycles. The molecule has 128 valence electrons. The summed E-state index contributed by atoms with van der Waals surface area (Å²) < 4.78 is 5.11. The molecule has 0 aliphatic carbocycles. The fourth-order valence-electron chi connectivity index (χ4n) is 1.94. The van der Waals surface area contributed by atoms with Crippen LogP contribution in [0.25, 0.3) is 0 Å². The second kappa shape index (κ2) is 9.54. The Hall–Kier alpha value is -2.57. The Morgan fingerprint density at radius 3 is 2.25 bits per heavy atom. The van der Waals surface area contributed by atoms with E-state index in [1.807, 2.05) is 30.3 Å². The van der Waals surface area contributed by atoms with Gasteiger partial charge in [-0.2, -0.15) is 0 Å². The van der Waals surface area contributed by atoms with Crippen LogP contribution in [0.2, 0.25) is 0 Å². The quantitative estimate of drug-likeness (QED) is 0.743. The summed E-state index contributed by atoms with van der Waals surface area (Å²) in [7, 11) is 0. The Labute approximate surface area is 146 Å². The average molecular weight is 351 g/mol. The van der Waals surface area contributed by atoms with Crippen LogP contribution in [0.1, 0.15) is 11.1 Å². The van der Waals surface area contributed by atoms with Crippen molar-refractivity contribution in [1.29, 1.82) is 0 Å². The van der Waals surface area contributed by atoms with E-state index >= 15 is 0 Å². The maximum Gasteiger partial charge on any atom is 0.411 e. The maximum atomic E-state index is 11.7. The molecule has 0 heterocycles. The number of carboxylic acid groups (broad SMARTS) is 1. The first kappa shape index (κ1) is 19.5. The van der Waals surface area contributed by atoms with Crippen LogP contribution in [-0.2, 0) is 22.6 Å². The van der Waals surface area contributed by atoms with Crippen molar-refractivity contribution >= 4 is 30.2 Å². The number of nitrogens with two attached hydrogens (primary N) is 1. The molecule has 4 N–H and O–H groups in total. The average Bonchev–Trinajstić information content (AvgIpc) is 2.55. The molecular weight excluding hydrogens is 332 g/mol. The van der Waals surface area contributed by atoms with Gasteiger partial charge in [0.25, 0.3) is 0 Å². The second-order valence-electron chi connectivity index (χ2n) is 5.03. The van der Waals surface area contributed by atoms with Crippen molar-refractivity contribution in [3.8, 4) is 0 Å². The summed E-state index contributed by atoms with van der Waals surface area (Å²) in [5, 5.41) is 11.4. The Morgan fingerprint density at radius 1 is 1.04 bits per heavy atom. The molecule has 2 aromatic rings. The minimum Gasteiger partial charge on any atom is -0.480 e. The van der Waals surface area contributed by atoms with Crippen molar-refractivity contribution in [3.05, 3.63) is 65.7 Å². The van der Waals surface area contributed by atoms with E-state index in [4.69, 9.17) is 15.6 Å². The van der Waals surface area contributed by atoms with Gasteiger partial charge in [-0.1, -0.05) is 42.5 Å². The van der Waals surface area contributed by atoms with Crippen LogP contribution in [0.3, 0.4) is 0 Å². The highest BCUT2D eigenvalue weighted by atomic mass is 35.5. The first-order valence-corrected chi connectivity index (χ1v) is 7.09. The van der Waals surface area contributed by atoms with Gasteiger partial charge in [0.1, 0.15) is 12.6 Å². The van der Waals surface area contributed by atoms with E-state index in [2.05, 4.69) is 5.32 Å². The lowest BCUT2D eigenvalue weighted by atomic mass is 10.1. The number of carboxylic acids is 1. The molecule has 0 spiro atoms. The van der Waals surface area contributed by atoms with Gasteiger partial charge in [0.15, 0.2) is 0 Å². The predicted molar refractivity (Wildman–Crippen MR) is 93.3 cm³/mol. The molecule has 7 heteroatoms. The molecule has 2 rings (SSSR count). The summed E-state index contributed by atoms with van der Waals surface area (Å²) in [6.07, 6.45) is -0.322. The van der Waals surface area contributed by atoms with Crippen LogP contribution in [-0.4, -0.2) is 23.2 Å². The molecule has 0 aromatic heterocycles. The molecule has 1 amide bonds. The van der Waals surface area contributed by atoms with Gasteiger partial charge < -0.3 is 15.6 Å². The van der Waals surface area contributed by atoms with E-state index in [1.54, 1.807) is 24.3 Å². The fraction of sp³-hybridized carbons (Fsp3) is 0.176. The minimum atomic E-state index is -1.04. The van der Waals surface area contributed by atoms with Gasteiger partial charge in [0, 0.05) is 5.69 Å². The molecule has 0 radical (unpaired) electrons. The van der Waals surface area contributed by atoms with Crippen LogP contribution in [0.15, 0.2) is 54.6 Å². The normalized spacial score (nSPS) is 11.0. The summed E-state index contributed by atoms with van der Waals surface area (Å²) in [5.41, 5.74) is 7.72. The zero-order valence-electron chi connectivity index (χ0n) is 12.8. The van der Waals surface area contributed by atoms with E-state index in [0.717, 1.165) is 11.1 Å². The molecule has 0 aliphatic rings. The van der Waals surface area contributed by atoms with Gasteiger partial charge in [-0.15, -0.1) is 12.4 Å². The van der Waals surface area contributed by atoms with Crippen LogP contribution in [0.5, 0.6) is 0 Å². The number of hydrogen-bond donors (Lipinski definition) is 3. The molecule has 0 saturated heterocycles. The monoisotopic (exact) mass is 350 g/mol. The minimum absolute atomic E-state index is 0. The lowest BCUT2D eigenvalue weighted by Crippen LogP contribution is -2.32. The molecular formula is C17H19ClN2O4. The zero-order chi connectivity index (χ0) is 16.7. The molecule has 0 unspecified atom stereocenters. The van der Waals surface area contributed by atoms with Crippen molar-refractivity contribution in [1.82, 2.24) is 0 Å². The first-order valence-electron chi connectivity index (χ1n) is 7.09. The van der Waals surface area contributed by atoms with Crippen LogP contribution < -0.4 is 11.1 Å². The third-order valence-corrected chi connectivity index (χ3v) is 3.19. The highest BCUT2D eigenvalue weighted by Crippen LogP contribution is 2.12. The summed E-state index contributed by atoms with van der Waals surface area (Å²) >= 11 is 0. The van der Waals surface area contributed by atoms with Crippen LogP contribution >= 0.6 is 12.4 Å². The number of carbonyl (C=O) groups is 2. The van der Waals surface area contributed by atoms with E-state index in [-0.39, 0.29) is 25.4 Å². The topological polar surface area (TPSA) is 102 Å². The lowest BCUT2D eigenvalue weighted by molar-refractivity contribution is -0.138. The number of ether oxygens (including phenoxy) is 1. The van der Waals surface area contributed by atoms with Crippen LogP contribution in [0, 0.1) is 0 Å². The number of nitrogens with one attached hydrogen (secondary N) is 1. The number of anilines is 1. The smallest absolute Gasteiger partial charge is 0.411 e. The van der Waals surface area contributed by atoms with Crippen molar-refractivity contribution in [2.24, 2.45) is 5.73 Å². The number of halogens is 1. The van der Waals surface area contributed by atoms with Gasteiger partial charge in [0.2, 0.25) is 0 Å². The summed E-state index contributed by atoms with van der Waals surface area (Å²) in [6.45, 7) is 0.193. The number of hydrogen-bond acceptors (Lipinski definition) is 4. The third kappa shape index (κ3) is 6.28. The van der Waals surface area contributed by atoms with Crippen molar-refractivity contribution in [3.63, 3.8) is 0 Å². The number of aliphatic carboxylic acids is 1. The van der Waals surface area contributed by atoms with Crippen LogP contribution in [0.4, 0.5) is 10.5 Å². The standard InChI is InChI=1S/C17H18N2O4.ClH/c18-15(16(20)21)10-12-6-8-14(9-7-12)19-17(22)23-11-13-4-2-1-3-5-13;/h1-9,15H,10-11,18H2,(H,19,22)(H,20,21);1H/t15-;/m0./s1. The first-order chi connectivity index (χ1) is 11.0. The van der Waals surface area contributed by atoms with E-state index < -0.39 is 18.1 Å². The molecule has 1 atom stereocenters. The Morgan fingerprint density at radius 2 is 1.67 bits per heavy atom. The molecule has 0 aliphatic heterocycles. The van der Waals surface area contributed by atoms with Gasteiger partial charge >= 0.3 is 12.1 Å². The van der Waals surface area contributed by atoms with E-state index in [1.165, 1.54) is 0 Å². The van der Waals surface area contributed by atoms with Gasteiger partial charge in [-0.05, 0) is 29.7 Å². The Bertz CT molecular complexity index is 662. The molecule has 6 nitrogen and oxygen atoms in total. The van der Waals surface area contributed by atoms with Gasteiger partial charge in [-0.3, -0.25) is 10.1 Å². The van der Waals surface area contributed by atoms with Crippen molar-refractivity contribution in [2.75, 3.05) is 5.32 Å². The summed E-state index contributed by atoms with van der Waals surface area (Å²) in [5.74, 6) is -1.04. The Balaban J connectivity index is 0.00000288. The van der Waals surface area contributed by atoms with Gasteiger partial charge in [0.05, 0.1) is 0 Å². The van der Waals surface area contributed by atoms with Crippen molar-refractivity contribution in [2.45, 2.75) is 19.1 Å². The predicted octanol–water partition coefficient (Wildman–Crippen LogP) is 2.81. The maximum absolute atomic E-state index is 11.7.